The van der Waals surface area contributed by atoms with Gasteiger partial charge in [0, 0.05) is 31.3 Å². The summed E-state index contributed by atoms with van der Waals surface area (Å²) in [6, 6.07) is 29.0. The first-order valence-corrected chi connectivity index (χ1v) is 17.5. The predicted molar refractivity (Wildman–Crippen MR) is 190 cm³/mol. The molecule has 0 atom stereocenters. The first-order chi connectivity index (χ1) is 22.1. The molecule has 7 heterocycles. The van der Waals surface area contributed by atoms with Crippen LogP contribution < -0.4 is 11.1 Å². The zero-order valence-electron chi connectivity index (χ0n) is 23.8. The molecule has 0 fully saturated rings. The zero-order valence-corrected chi connectivity index (χ0v) is 26.3. The van der Waals surface area contributed by atoms with Gasteiger partial charge in [-0.2, -0.15) is 0 Å². The van der Waals surface area contributed by atoms with Crippen LogP contribution >= 0.6 is 34.0 Å². The van der Waals surface area contributed by atoms with Crippen molar-refractivity contribution in [2.75, 3.05) is 0 Å². The van der Waals surface area contributed by atoms with E-state index in [1.165, 1.54) is 20.9 Å². The number of benzene rings is 3. The second-order valence-electron chi connectivity index (χ2n) is 11.7. The molecule has 3 aromatic carbocycles. The van der Waals surface area contributed by atoms with E-state index in [1.807, 2.05) is 33.1 Å². The summed E-state index contributed by atoms with van der Waals surface area (Å²) in [5.41, 5.74) is 5.97. The van der Waals surface area contributed by atoms with Gasteiger partial charge in [-0.3, -0.25) is 18.4 Å². The molecule has 0 unspecified atom stereocenters. The van der Waals surface area contributed by atoms with Gasteiger partial charge in [-0.1, -0.05) is 60.7 Å². The van der Waals surface area contributed by atoms with E-state index in [-0.39, 0.29) is 11.1 Å². The fourth-order valence-corrected chi connectivity index (χ4v) is 10.3. The molecular weight excluding hydrogens is 617 g/mol. The number of H-pyrrole nitrogens is 2. The number of pyridine rings is 2. The third kappa shape index (κ3) is 3.66. The molecule has 0 bridgehead atoms. The quantitative estimate of drug-likeness (QED) is 0.179. The maximum Gasteiger partial charge on any atom is 0.264 e. The molecule has 7 aromatic heterocycles. The van der Waals surface area contributed by atoms with Gasteiger partial charge in [-0.25, -0.2) is 0 Å². The van der Waals surface area contributed by atoms with Gasteiger partial charge in [0.05, 0.1) is 20.4 Å². The molecule has 0 amide bonds. The lowest BCUT2D eigenvalue weighted by Gasteiger charge is -2.04. The van der Waals surface area contributed by atoms with Crippen molar-refractivity contribution < 1.29 is 0 Å². The largest absolute Gasteiger partial charge is 0.330 e. The van der Waals surface area contributed by atoms with E-state index in [0.29, 0.717) is 10.8 Å². The van der Waals surface area contributed by atoms with Crippen LogP contribution in [0.25, 0.3) is 62.9 Å². The molecule has 0 radical (unpaired) electrons. The molecule has 9 heteroatoms. The van der Waals surface area contributed by atoms with Crippen molar-refractivity contribution in [3.05, 3.63) is 127 Å². The zero-order chi connectivity index (χ0) is 29.8. The average molecular weight is 641 g/mol. The first kappa shape index (κ1) is 25.6. The maximum atomic E-state index is 14.1. The SMILES string of the molecule is O=c1c2ccc3c(=O)n4c5cc(CCc6ccccc6)sc5[nH]c4c4sc(c2c34)c2[nH]c3sc(CCc4ccccc4)cc3n12. The van der Waals surface area contributed by atoms with Gasteiger partial charge in [0.2, 0.25) is 0 Å². The molecule has 0 aliphatic heterocycles. The fourth-order valence-electron chi connectivity index (χ4n) is 6.96. The van der Waals surface area contributed by atoms with Crippen molar-refractivity contribution in [1.82, 2.24) is 18.8 Å². The second-order valence-corrected chi connectivity index (χ2v) is 15.0. The second kappa shape index (κ2) is 9.40. The molecule has 45 heavy (non-hydrogen) atoms. The summed E-state index contributed by atoms with van der Waals surface area (Å²) in [5, 5.41) is 3.08. The molecule has 6 nitrogen and oxygen atoms in total. The number of imidazole rings is 2. The Morgan fingerprint density at radius 3 is 1.42 bits per heavy atom. The number of hydrogen-bond donors (Lipinski definition) is 2. The Hall–Kier alpha value is -4.70. The molecule has 0 saturated heterocycles. The summed E-state index contributed by atoms with van der Waals surface area (Å²) in [6.45, 7) is 0. The van der Waals surface area contributed by atoms with Gasteiger partial charge in [0.15, 0.2) is 0 Å². The molecule has 10 rings (SSSR count). The smallest absolute Gasteiger partial charge is 0.264 e. The van der Waals surface area contributed by atoms with Crippen molar-refractivity contribution >= 4 is 96.9 Å². The van der Waals surface area contributed by atoms with E-state index in [1.54, 1.807) is 34.0 Å². The topological polar surface area (TPSA) is 74.5 Å². The number of aromatic amines is 2. The van der Waals surface area contributed by atoms with Gasteiger partial charge >= 0.3 is 0 Å². The van der Waals surface area contributed by atoms with Crippen LogP contribution in [0.15, 0.2) is 94.5 Å². The normalized spacial score (nSPS) is 12.5. The van der Waals surface area contributed by atoms with Crippen molar-refractivity contribution in [3.8, 4) is 0 Å². The molecule has 10 aromatic rings. The van der Waals surface area contributed by atoms with Gasteiger partial charge in [-0.05, 0) is 61.1 Å². The Kier molecular flexibility index (Phi) is 5.35. The molecule has 0 aliphatic rings. The Morgan fingerprint density at radius 2 is 0.978 bits per heavy atom. The number of hydrogen-bond acceptors (Lipinski definition) is 5. The van der Waals surface area contributed by atoms with E-state index in [9.17, 15) is 9.59 Å². The summed E-state index contributed by atoms with van der Waals surface area (Å²) in [6.07, 6.45) is 3.77. The Balaban J connectivity index is 1.14. The molecule has 0 spiro atoms. The number of nitrogens with zero attached hydrogens (tertiary/aromatic N) is 2. The number of aryl methyl sites for hydroxylation is 4. The fraction of sp³-hybridized carbons (Fsp3) is 0.111. The van der Waals surface area contributed by atoms with Crippen LogP contribution in [-0.2, 0) is 25.7 Å². The molecule has 0 aliphatic carbocycles. The van der Waals surface area contributed by atoms with Gasteiger partial charge in [-0.15, -0.1) is 34.0 Å². The number of nitrogens with one attached hydrogen (secondary N) is 2. The van der Waals surface area contributed by atoms with E-state index in [2.05, 4.69) is 70.6 Å². The average Bonchev–Trinajstić information content (AvgIpc) is 3.87. The van der Waals surface area contributed by atoms with Crippen LogP contribution in [0.2, 0.25) is 0 Å². The number of rotatable bonds is 6. The third-order valence-corrected chi connectivity index (χ3v) is 12.5. The van der Waals surface area contributed by atoms with Crippen molar-refractivity contribution in [2.45, 2.75) is 25.7 Å². The van der Waals surface area contributed by atoms with Crippen LogP contribution in [0.1, 0.15) is 20.9 Å². The molecule has 2 N–H and O–H groups in total. The summed E-state index contributed by atoms with van der Waals surface area (Å²) in [7, 11) is 0. The van der Waals surface area contributed by atoms with Gasteiger partial charge in [0.1, 0.15) is 21.0 Å². The predicted octanol–water partition coefficient (Wildman–Crippen LogP) is 8.53. The number of thiophene rings is 3. The lowest BCUT2D eigenvalue weighted by atomic mass is 10.0. The van der Waals surface area contributed by atoms with Crippen molar-refractivity contribution in [3.63, 3.8) is 0 Å². The van der Waals surface area contributed by atoms with Crippen molar-refractivity contribution in [2.24, 2.45) is 0 Å². The molecule has 218 valence electrons. The summed E-state index contributed by atoms with van der Waals surface area (Å²) in [4.78, 5) is 39.9. The van der Waals surface area contributed by atoms with Gasteiger partial charge in [0.25, 0.3) is 11.1 Å². The Labute approximate surface area is 266 Å². The first-order valence-electron chi connectivity index (χ1n) is 15.0. The number of aromatic nitrogens is 4. The highest BCUT2D eigenvalue weighted by Gasteiger charge is 2.25. The van der Waals surface area contributed by atoms with E-state index in [4.69, 9.17) is 0 Å². The van der Waals surface area contributed by atoms with Gasteiger partial charge < -0.3 is 9.97 Å². The highest BCUT2D eigenvalue weighted by Crippen LogP contribution is 2.44. The third-order valence-electron chi connectivity index (χ3n) is 9.09. The highest BCUT2D eigenvalue weighted by molar-refractivity contribution is 7.27. The molecular formula is C36H24N4O2S3. The summed E-state index contributed by atoms with van der Waals surface area (Å²) >= 11 is 5.09. The Morgan fingerprint density at radius 1 is 0.533 bits per heavy atom. The van der Waals surface area contributed by atoms with E-state index in [0.717, 1.165) is 77.8 Å². The highest BCUT2D eigenvalue weighted by atomic mass is 32.1. The monoisotopic (exact) mass is 640 g/mol. The minimum absolute atomic E-state index is 0.0477. The van der Waals surface area contributed by atoms with E-state index < -0.39 is 0 Å². The van der Waals surface area contributed by atoms with Crippen LogP contribution in [0.5, 0.6) is 0 Å². The number of fused-ring (bicyclic) bond motifs is 8. The minimum Gasteiger partial charge on any atom is -0.330 e. The maximum absolute atomic E-state index is 14.1. The summed E-state index contributed by atoms with van der Waals surface area (Å²) in [5.74, 6) is 0. The molecule has 0 saturated carbocycles. The Bertz CT molecular complexity index is 2670. The standard InChI is InChI=1S/C36H24N4O2S3/c41-35-23-15-16-24-28-27(23)29(31-37-33-25(39(31)35)17-21(43-33)13-11-19-7-3-1-4-8-19)45-30(28)32-38-34-26(40(32)36(24)42)18-22(44-34)14-12-20-9-5-2-6-10-20/h1-10,15-18,37-38H,11-14H2. The lowest BCUT2D eigenvalue weighted by Crippen LogP contribution is -2.15. The van der Waals surface area contributed by atoms with Crippen LogP contribution in [0, 0.1) is 0 Å². The lowest BCUT2D eigenvalue weighted by molar-refractivity contribution is 0.981. The van der Waals surface area contributed by atoms with E-state index >= 15 is 0 Å². The van der Waals surface area contributed by atoms with Crippen LogP contribution in [0.4, 0.5) is 0 Å². The minimum atomic E-state index is -0.0477. The summed E-state index contributed by atoms with van der Waals surface area (Å²) < 4.78 is 5.70. The van der Waals surface area contributed by atoms with Crippen molar-refractivity contribution in [1.29, 1.82) is 0 Å². The van der Waals surface area contributed by atoms with Crippen LogP contribution in [-0.4, -0.2) is 18.8 Å². The van der Waals surface area contributed by atoms with Crippen LogP contribution in [0.3, 0.4) is 0 Å².